The Labute approximate surface area is 124 Å². The number of amides is 1. The Kier molecular flexibility index (Phi) is 4.50. The van der Waals surface area contributed by atoms with E-state index in [0.29, 0.717) is 6.42 Å². The van der Waals surface area contributed by atoms with Gasteiger partial charge in [-0.3, -0.25) is 9.59 Å². The van der Waals surface area contributed by atoms with Gasteiger partial charge in [0.1, 0.15) is 0 Å². The molecule has 0 aliphatic carbocycles. The van der Waals surface area contributed by atoms with Crippen LogP contribution in [0.1, 0.15) is 43.5 Å². The number of carboxylic acids is 1. The van der Waals surface area contributed by atoms with Crippen LogP contribution in [-0.2, 0) is 22.4 Å². The van der Waals surface area contributed by atoms with E-state index in [1.807, 2.05) is 20.0 Å². The minimum absolute atomic E-state index is 0.0205. The van der Waals surface area contributed by atoms with E-state index in [2.05, 4.69) is 17.2 Å². The third kappa shape index (κ3) is 3.17. The molecule has 1 unspecified atom stereocenters. The zero-order chi connectivity index (χ0) is 15.6. The number of aromatic amines is 1. The molecule has 21 heavy (non-hydrogen) atoms. The third-order valence-corrected chi connectivity index (χ3v) is 4.30. The monoisotopic (exact) mass is 290 g/mol. The highest BCUT2D eigenvalue weighted by Gasteiger charge is 2.28. The van der Waals surface area contributed by atoms with Crippen LogP contribution in [0.3, 0.4) is 0 Å². The van der Waals surface area contributed by atoms with Crippen LogP contribution in [0, 0.1) is 6.92 Å². The summed E-state index contributed by atoms with van der Waals surface area (Å²) < 4.78 is 0. The average molecular weight is 290 g/mol. The van der Waals surface area contributed by atoms with Crippen LogP contribution in [0.25, 0.3) is 0 Å². The Balaban J connectivity index is 2.11. The van der Waals surface area contributed by atoms with Gasteiger partial charge in [0, 0.05) is 30.3 Å². The fourth-order valence-corrected chi connectivity index (χ4v) is 2.95. The number of hydrogen-bond acceptors (Lipinski definition) is 2. The Hall–Kier alpha value is -2.04. The molecule has 2 heterocycles. The number of rotatable bonds is 6. The second-order valence-corrected chi connectivity index (χ2v) is 5.55. The second-order valence-electron chi connectivity index (χ2n) is 5.55. The lowest BCUT2D eigenvalue weighted by molar-refractivity contribution is -0.137. The first-order valence-corrected chi connectivity index (χ1v) is 7.32. The molecule has 1 atom stereocenters. The number of carbonyl (C=O) groups is 2. The minimum atomic E-state index is -0.785. The van der Waals surface area contributed by atoms with Gasteiger partial charge in [0.05, 0.1) is 6.04 Å². The molecule has 0 spiro atoms. The number of carboxylic acid groups (broad SMARTS) is 1. The van der Waals surface area contributed by atoms with Crippen molar-refractivity contribution in [3.05, 3.63) is 34.2 Å². The van der Waals surface area contributed by atoms with E-state index in [4.69, 9.17) is 5.11 Å². The summed E-state index contributed by atoms with van der Waals surface area (Å²) in [6, 6.07) is 0.0483. The molecule has 0 fully saturated rings. The van der Waals surface area contributed by atoms with Crippen LogP contribution < -0.4 is 5.32 Å². The van der Waals surface area contributed by atoms with Gasteiger partial charge in [0.25, 0.3) is 0 Å². The molecule has 0 saturated heterocycles. The van der Waals surface area contributed by atoms with Gasteiger partial charge in [-0.15, -0.1) is 0 Å². The lowest BCUT2D eigenvalue weighted by atomic mass is 9.97. The lowest BCUT2D eigenvalue weighted by Crippen LogP contribution is -2.31. The Morgan fingerprint density at radius 2 is 2.10 bits per heavy atom. The molecule has 2 rings (SSSR count). The van der Waals surface area contributed by atoms with Gasteiger partial charge in [-0.2, -0.15) is 0 Å². The van der Waals surface area contributed by atoms with E-state index in [9.17, 15) is 9.59 Å². The summed E-state index contributed by atoms with van der Waals surface area (Å²) in [5.41, 5.74) is 5.21. The van der Waals surface area contributed by atoms with Crippen LogP contribution in [0.2, 0.25) is 0 Å². The number of carbonyl (C=O) groups excluding carboxylic acids is 1. The van der Waals surface area contributed by atoms with E-state index >= 15 is 0 Å². The lowest BCUT2D eigenvalue weighted by Gasteiger charge is -2.14. The van der Waals surface area contributed by atoms with E-state index < -0.39 is 5.97 Å². The van der Waals surface area contributed by atoms with Gasteiger partial charge in [0.15, 0.2) is 0 Å². The van der Waals surface area contributed by atoms with Gasteiger partial charge < -0.3 is 15.4 Å². The standard InChI is InChI=1S/C16H22N2O3/c1-4-12-10(3)16(21)18-14(12)7-13-9(2)11(8-17-13)5-6-15(19)20/h8,14,17H,4-7H2,1-3H3,(H,18,21)(H,19,20). The summed E-state index contributed by atoms with van der Waals surface area (Å²) >= 11 is 0. The number of aryl methyl sites for hydroxylation is 1. The SMILES string of the molecule is CCC1=C(C)C(=O)NC1Cc1[nH]cc(CCC(=O)O)c1C. The molecule has 3 N–H and O–H groups in total. The molecular formula is C16H22N2O3. The molecule has 5 nitrogen and oxygen atoms in total. The van der Waals surface area contributed by atoms with Crippen LogP contribution in [0.4, 0.5) is 0 Å². The Morgan fingerprint density at radius 1 is 1.38 bits per heavy atom. The van der Waals surface area contributed by atoms with E-state index in [1.165, 1.54) is 5.57 Å². The number of nitrogens with one attached hydrogen (secondary N) is 2. The van der Waals surface area contributed by atoms with Gasteiger partial charge >= 0.3 is 5.97 Å². The predicted molar refractivity (Wildman–Crippen MR) is 80.1 cm³/mol. The van der Waals surface area contributed by atoms with Crippen molar-refractivity contribution in [3.8, 4) is 0 Å². The maximum Gasteiger partial charge on any atom is 0.303 e. The maximum atomic E-state index is 11.8. The van der Waals surface area contributed by atoms with E-state index in [-0.39, 0.29) is 18.4 Å². The van der Waals surface area contributed by atoms with Crippen molar-refractivity contribution in [1.82, 2.24) is 10.3 Å². The molecule has 114 valence electrons. The van der Waals surface area contributed by atoms with Crippen LogP contribution in [0.5, 0.6) is 0 Å². The first-order valence-electron chi connectivity index (χ1n) is 7.32. The summed E-state index contributed by atoms with van der Waals surface area (Å²) in [7, 11) is 0. The van der Waals surface area contributed by atoms with Crippen molar-refractivity contribution in [2.75, 3.05) is 0 Å². The molecule has 5 heteroatoms. The molecule has 1 aromatic heterocycles. The highest BCUT2D eigenvalue weighted by molar-refractivity contribution is 5.97. The van der Waals surface area contributed by atoms with Crippen molar-refractivity contribution in [3.63, 3.8) is 0 Å². The normalized spacial score (nSPS) is 18.2. The number of aliphatic carboxylic acids is 1. The van der Waals surface area contributed by atoms with E-state index in [0.717, 1.165) is 35.2 Å². The molecule has 0 radical (unpaired) electrons. The molecule has 1 aliphatic rings. The van der Waals surface area contributed by atoms with Crippen molar-refractivity contribution in [2.24, 2.45) is 0 Å². The topological polar surface area (TPSA) is 82.2 Å². The Bertz CT molecular complexity index is 599. The van der Waals surface area contributed by atoms with Crippen LogP contribution in [-0.4, -0.2) is 28.0 Å². The number of hydrogen-bond donors (Lipinski definition) is 3. The summed E-state index contributed by atoms with van der Waals surface area (Å²) in [5.74, 6) is -0.765. The summed E-state index contributed by atoms with van der Waals surface area (Å²) in [6.45, 7) is 5.93. The van der Waals surface area contributed by atoms with Crippen molar-refractivity contribution >= 4 is 11.9 Å². The Morgan fingerprint density at radius 3 is 2.71 bits per heavy atom. The van der Waals surface area contributed by atoms with Gasteiger partial charge in [-0.05, 0) is 43.4 Å². The number of H-pyrrole nitrogens is 1. The smallest absolute Gasteiger partial charge is 0.303 e. The predicted octanol–water partition coefficient (Wildman–Crippen LogP) is 2.11. The van der Waals surface area contributed by atoms with Crippen molar-refractivity contribution in [1.29, 1.82) is 0 Å². The molecule has 0 aromatic carbocycles. The molecule has 0 bridgehead atoms. The van der Waals surface area contributed by atoms with Crippen molar-refractivity contribution in [2.45, 2.75) is 52.5 Å². The fourth-order valence-electron chi connectivity index (χ4n) is 2.95. The van der Waals surface area contributed by atoms with E-state index in [1.54, 1.807) is 0 Å². The molecule has 0 saturated carbocycles. The average Bonchev–Trinajstić information content (AvgIpc) is 2.90. The maximum absolute atomic E-state index is 11.8. The second kappa shape index (κ2) is 6.16. The minimum Gasteiger partial charge on any atom is -0.481 e. The first-order chi connectivity index (χ1) is 9.93. The zero-order valence-electron chi connectivity index (χ0n) is 12.7. The van der Waals surface area contributed by atoms with Gasteiger partial charge in [-0.1, -0.05) is 6.92 Å². The quantitative estimate of drug-likeness (QED) is 0.750. The van der Waals surface area contributed by atoms with Gasteiger partial charge in [0.2, 0.25) is 5.91 Å². The van der Waals surface area contributed by atoms with Crippen LogP contribution in [0.15, 0.2) is 17.3 Å². The highest BCUT2D eigenvalue weighted by Crippen LogP contribution is 2.25. The fraction of sp³-hybridized carbons (Fsp3) is 0.500. The van der Waals surface area contributed by atoms with Crippen LogP contribution >= 0.6 is 0 Å². The molecular weight excluding hydrogens is 268 g/mol. The summed E-state index contributed by atoms with van der Waals surface area (Å²) in [4.78, 5) is 25.7. The highest BCUT2D eigenvalue weighted by atomic mass is 16.4. The molecule has 1 amide bonds. The molecule has 1 aliphatic heterocycles. The third-order valence-electron chi connectivity index (χ3n) is 4.30. The van der Waals surface area contributed by atoms with Gasteiger partial charge in [-0.25, -0.2) is 0 Å². The first kappa shape index (κ1) is 15.4. The summed E-state index contributed by atoms with van der Waals surface area (Å²) in [6.07, 6.45) is 4.14. The zero-order valence-corrected chi connectivity index (χ0v) is 12.7. The number of aromatic nitrogens is 1. The largest absolute Gasteiger partial charge is 0.481 e. The summed E-state index contributed by atoms with van der Waals surface area (Å²) in [5, 5.41) is 11.8. The molecule has 1 aromatic rings. The van der Waals surface area contributed by atoms with Crippen molar-refractivity contribution < 1.29 is 14.7 Å².